The molecule has 0 amide bonds. The van der Waals surface area contributed by atoms with Crippen LogP contribution in [-0.2, 0) is 0 Å². The first-order chi connectivity index (χ1) is 5.90. The van der Waals surface area contributed by atoms with Crippen molar-refractivity contribution in [1.29, 1.82) is 0 Å². The zero-order valence-corrected chi connectivity index (χ0v) is 7.09. The fourth-order valence-corrected chi connectivity index (χ4v) is 1.39. The van der Waals surface area contributed by atoms with Crippen LogP contribution in [0.1, 0.15) is 0 Å². The number of hydrogen-bond donors (Lipinski definition) is 1. The third-order valence-electron chi connectivity index (χ3n) is 2.18. The van der Waals surface area contributed by atoms with E-state index in [9.17, 15) is 0 Å². The van der Waals surface area contributed by atoms with E-state index in [1.807, 2.05) is 0 Å². The number of nitrogens with zero attached hydrogens (tertiary/aromatic N) is 1. The summed E-state index contributed by atoms with van der Waals surface area (Å²) >= 11 is 0. The Balaban J connectivity index is 2.05. The molecule has 12 heavy (non-hydrogen) atoms. The van der Waals surface area contributed by atoms with E-state index in [1.165, 1.54) is 11.4 Å². The normalized spacial score (nSPS) is 23.8. The van der Waals surface area contributed by atoms with Gasteiger partial charge in [-0.15, -0.1) is 0 Å². The first kappa shape index (κ1) is 7.35. The lowest BCUT2D eigenvalue weighted by molar-refractivity contribution is 0.437. The Labute approximate surface area is 73.3 Å². The van der Waals surface area contributed by atoms with Crippen LogP contribution in [0, 0.1) is 6.92 Å². The van der Waals surface area contributed by atoms with Gasteiger partial charge in [0.15, 0.2) is 6.54 Å². The first-order valence-corrected chi connectivity index (χ1v) is 4.28. The van der Waals surface area contributed by atoms with E-state index >= 15 is 0 Å². The minimum Gasteiger partial charge on any atom is -0.370 e. The van der Waals surface area contributed by atoms with Crippen molar-refractivity contribution in [2.75, 3.05) is 19.6 Å². The molecule has 0 unspecified atom stereocenters. The molecule has 2 nitrogen and oxygen atoms in total. The van der Waals surface area contributed by atoms with Crippen molar-refractivity contribution < 1.29 is 0 Å². The SMILES string of the molecule is [CH2+]CN1CCN/C1=C/C1=CC=C1. The molecule has 1 fully saturated rings. The number of rotatable bonds is 2. The zero-order chi connectivity index (χ0) is 8.39. The van der Waals surface area contributed by atoms with E-state index in [2.05, 4.69) is 41.4 Å². The van der Waals surface area contributed by atoms with Crippen molar-refractivity contribution in [3.05, 3.63) is 42.6 Å². The molecule has 2 heteroatoms. The van der Waals surface area contributed by atoms with Gasteiger partial charge in [-0.05, 0) is 11.6 Å². The molecule has 0 aromatic rings. The van der Waals surface area contributed by atoms with Crippen molar-refractivity contribution >= 4 is 0 Å². The molecule has 1 aliphatic carbocycles. The molecule has 1 heterocycles. The second-order valence-electron chi connectivity index (χ2n) is 2.97. The Morgan fingerprint density at radius 1 is 1.67 bits per heavy atom. The molecule has 62 valence electrons. The molecular formula is C10H13N2+. The summed E-state index contributed by atoms with van der Waals surface area (Å²) in [5.74, 6) is 1.21. The van der Waals surface area contributed by atoms with E-state index in [-0.39, 0.29) is 0 Å². The minimum atomic E-state index is 0.843. The average molecular weight is 161 g/mol. The van der Waals surface area contributed by atoms with Crippen LogP contribution in [-0.4, -0.2) is 24.5 Å². The number of allylic oxidation sites excluding steroid dienone is 5. The second-order valence-corrected chi connectivity index (χ2v) is 2.97. The third kappa shape index (κ3) is 1.20. The van der Waals surface area contributed by atoms with Gasteiger partial charge in [-0.3, -0.25) is 0 Å². The lowest BCUT2D eigenvalue weighted by Crippen LogP contribution is -2.19. The molecule has 1 saturated heterocycles. The predicted octanol–water partition coefficient (Wildman–Crippen LogP) is 1.06. The maximum atomic E-state index is 3.88. The second kappa shape index (κ2) is 2.97. The topological polar surface area (TPSA) is 15.3 Å². The molecule has 0 spiro atoms. The van der Waals surface area contributed by atoms with Crippen LogP contribution in [0.4, 0.5) is 0 Å². The van der Waals surface area contributed by atoms with E-state index < -0.39 is 0 Å². The highest BCUT2D eigenvalue weighted by atomic mass is 15.3. The smallest absolute Gasteiger partial charge is 0.158 e. The fraction of sp³-hybridized carbons (Fsp3) is 0.300. The van der Waals surface area contributed by atoms with Gasteiger partial charge in [0.1, 0.15) is 5.82 Å². The maximum Gasteiger partial charge on any atom is 0.158 e. The van der Waals surface area contributed by atoms with Crippen molar-refractivity contribution in [3.8, 4) is 0 Å². The van der Waals surface area contributed by atoms with Crippen LogP contribution in [0.5, 0.6) is 0 Å². The van der Waals surface area contributed by atoms with Gasteiger partial charge in [0, 0.05) is 13.1 Å². The molecule has 0 aromatic heterocycles. The summed E-state index contributed by atoms with van der Waals surface area (Å²) in [7, 11) is 0. The Morgan fingerprint density at radius 2 is 2.50 bits per heavy atom. The number of hydrogen-bond acceptors (Lipinski definition) is 2. The monoisotopic (exact) mass is 161 g/mol. The van der Waals surface area contributed by atoms with Gasteiger partial charge in [-0.1, -0.05) is 18.2 Å². The summed E-state index contributed by atoms with van der Waals surface area (Å²) in [5, 5.41) is 3.33. The molecule has 0 saturated carbocycles. The van der Waals surface area contributed by atoms with Crippen LogP contribution in [0.2, 0.25) is 0 Å². The molecule has 2 rings (SSSR count). The molecule has 0 bridgehead atoms. The Bertz CT molecular complexity index is 261. The van der Waals surface area contributed by atoms with Crippen LogP contribution < -0.4 is 5.32 Å². The Hall–Kier alpha value is -1.31. The summed E-state index contributed by atoms with van der Waals surface area (Å²) in [6, 6.07) is 0. The van der Waals surface area contributed by atoms with Gasteiger partial charge >= 0.3 is 0 Å². The summed E-state index contributed by atoms with van der Waals surface area (Å²) < 4.78 is 0. The molecule has 0 aromatic carbocycles. The standard InChI is InChI=1S/C10H13N2/c1-2-12-7-6-11-10(12)8-9-4-3-5-9/h3-5,8,11H,1-2,6-7H2/q+1/b10-8-. The van der Waals surface area contributed by atoms with E-state index in [0.717, 1.165) is 19.6 Å². The van der Waals surface area contributed by atoms with Crippen molar-refractivity contribution in [2.45, 2.75) is 0 Å². The van der Waals surface area contributed by atoms with Gasteiger partial charge < -0.3 is 10.2 Å². The van der Waals surface area contributed by atoms with Crippen LogP contribution >= 0.6 is 0 Å². The van der Waals surface area contributed by atoms with Crippen LogP contribution in [0.3, 0.4) is 0 Å². The number of nitrogens with one attached hydrogen (secondary N) is 1. The maximum absolute atomic E-state index is 3.88. The highest BCUT2D eigenvalue weighted by molar-refractivity contribution is 5.44. The minimum absolute atomic E-state index is 0.843. The zero-order valence-electron chi connectivity index (χ0n) is 7.09. The fourth-order valence-electron chi connectivity index (χ4n) is 1.39. The first-order valence-electron chi connectivity index (χ1n) is 4.28. The van der Waals surface area contributed by atoms with Gasteiger partial charge in [-0.25, -0.2) is 0 Å². The van der Waals surface area contributed by atoms with Gasteiger partial charge in [0.25, 0.3) is 0 Å². The van der Waals surface area contributed by atoms with Gasteiger partial charge in [-0.2, -0.15) is 0 Å². The molecule has 1 aliphatic heterocycles. The van der Waals surface area contributed by atoms with E-state index in [1.54, 1.807) is 0 Å². The summed E-state index contributed by atoms with van der Waals surface area (Å²) in [5.41, 5.74) is 1.29. The van der Waals surface area contributed by atoms with Gasteiger partial charge in [0.2, 0.25) is 0 Å². The van der Waals surface area contributed by atoms with Crippen molar-refractivity contribution in [3.63, 3.8) is 0 Å². The lowest BCUT2D eigenvalue weighted by Gasteiger charge is -2.13. The highest BCUT2D eigenvalue weighted by Crippen LogP contribution is 2.14. The molecule has 0 radical (unpaired) electrons. The van der Waals surface area contributed by atoms with Crippen molar-refractivity contribution in [2.24, 2.45) is 0 Å². The van der Waals surface area contributed by atoms with Crippen LogP contribution in [0.15, 0.2) is 35.7 Å². The molecule has 0 atom stereocenters. The van der Waals surface area contributed by atoms with Crippen molar-refractivity contribution in [1.82, 2.24) is 10.2 Å². The molecule has 2 aliphatic rings. The Morgan fingerprint density at radius 3 is 3.08 bits per heavy atom. The van der Waals surface area contributed by atoms with Crippen LogP contribution in [0.25, 0.3) is 0 Å². The quantitative estimate of drug-likeness (QED) is 0.609. The van der Waals surface area contributed by atoms with E-state index in [0.29, 0.717) is 0 Å². The largest absolute Gasteiger partial charge is 0.370 e. The highest BCUT2D eigenvalue weighted by Gasteiger charge is 2.16. The van der Waals surface area contributed by atoms with Gasteiger partial charge in [0.05, 0.1) is 6.92 Å². The molecular weight excluding hydrogens is 148 g/mol. The summed E-state index contributed by atoms with van der Waals surface area (Å²) in [6.45, 7) is 6.84. The Kier molecular flexibility index (Phi) is 1.82. The summed E-state index contributed by atoms with van der Waals surface area (Å²) in [4.78, 5) is 2.24. The lowest BCUT2D eigenvalue weighted by atomic mass is 10.1. The average Bonchev–Trinajstić information content (AvgIpc) is 2.43. The summed E-state index contributed by atoms with van der Waals surface area (Å²) in [6.07, 6.45) is 8.43. The molecule has 1 N–H and O–H groups in total. The third-order valence-corrected chi connectivity index (χ3v) is 2.18. The van der Waals surface area contributed by atoms with E-state index in [4.69, 9.17) is 0 Å². The predicted molar refractivity (Wildman–Crippen MR) is 50.2 cm³/mol.